The minimum Gasteiger partial charge on any atom is -0.497 e. The lowest BCUT2D eigenvalue weighted by atomic mass is 10.00. The Balaban J connectivity index is 1.37. The summed E-state index contributed by atoms with van der Waals surface area (Å²) >= 11 is 0. The van der Waals surface area contributed by atoms with Gasteiger partial charge in [-0.05, 0) is 37.1 Å². The van der Waals surface area contributed by atoms with Gasteiger partial charge in [-0.2, -0.15) is 0 Å². The zero-order valence-corrected chi connectivity index (χ0v) is 15.2. The SMILES string of the molecule is COc1cccc(-c2cc(C3(C(=O)Nc4ccc5c(c4)OCO5)CC3)no2)c1. The van der Waals surface area contributed by atoms with Gasteiger partial charge in [0, 0.05) is 23.4 Å². The van der Waals surface area contributed by atoms with Crippen molar-refractivity contribution in [3.63, 3.8) is 0 Å². The van der Waals surface area contributed by atoms with Crippen LogP contribution in [0.3, 0.4) is 0 Å². The number of carbonyl (C=O) groups is 1. The molecule has 0 saturated heterocycles. The molecule has 0 radical (unpaired) electrons. The number of ether oxygens (including phenoxy) is 3. The van der Waals surface area contributed by atoms with E-state index >= 15 is 0 Å². The molecule has 3 aromatic rings. The van der Waals surface area contributed by atoms with Crippen molar-refractivity contribution in [2.45, 2.75) is 18.3 Å². The molecule has 1 aliphatic heterocycles. The van der Waals surface area contributed by atoms with E-state index in [9.17, 15) is 4.79 Å². The highest BCUT2D eigenvalue weighted by molar-refractivity contribution is 6.01. The molecule has 1 amide bonds. The summed E-state index contributed by atoms with van der Waals surface area (Å²) < 4.78 is 21.4. The Morgan fingerprint density at radius 1 is 1.11 bits per heavy atom. The van der Waals surface area contributed by atoms with Gasteiger partial charge >= 0.3 is 0 Å². The highest BCUT2D eigenvalue weighted by Crippen LogP contribution is 2.49. The highest BCUT2D eigenvalue weighted by atomic mass is 16.7. The molecule has 1 aliphatic carbocycles. The predicted octanol–water partition coefficient (Wildman–Crippen LogP) is 3.75. The summed E-state index contributed by atoms with van der Waals surface area (Å²) in [6.45, 7) is 0.197. The van der Waals surface area contributed by atoms with E-state index in [1.54, 1.807) is 25.3 Å². The number of amides is 1. The summed E-state index contributed by atoms with van der Waals surface area (Å²) in [6, 6.07) is 14.7. The van der Waals surface area contributed by atoms with Crippen LogP contribution < -0.4 is 19.5 Å². The molecule has 28 heavy (non-hydrogen) atoms. The van der Waals surface area contributed by atoms with Gasteiger partial charge in [-0.15, -0.1) is 0 Å². The van der Waals surface area contributed by atoms with Crippen LogP contribution >= 0.6 is 0 Å². The third kappa shape index (κ3) is 2.76. The summed E-state index contributed by atoms with van der Waals surface area (Å²) in [6.07, 6.45) is 1.46. The van der Waals surface area contributed by atoms with Gasteiger partial charge < -0.3 is 24.1 Å². The topological polar surface area (TPSA) is 82.8 Å². The predicted molar refractivity (Wildman–Crippen MR) is 101 cm³/mol. The molecule has 0 spiro atoms. The van der Waals surface area contributed by atoms with E-state index in [4.69, 9.17) is 18.7 Å². The first kappa shape index (κ1) is 16.7. The van der Waals surface area contributed by atoms with Crippen LogP contribution in [0.2, 0.25) is 0 Å². The normalized spacial score (nSPS) is 15.9. The largest absolute Gasteiger partial charge is 0.497 e. The number of anilines is 1. The summed E-state index contributed by atoms with van der Waals surface area (Å²) in [5, 5.41) is 7.15. The number of hydrogen-bond donors (Lipinski definition) is 1. The number of fused-ring (bicyclic) bond motifs is 1. The van der Waals surface area contributed by atoms with Crippen molar-refractivity contribution < 1.29 is 23.5 Å². The second-order valence-corrected chi connectivity index (χ2v) is 6.91. The Morgan fingerprint density at radius 3 is 2.79 bits per heavy atom. The average Bonchev–Trinajstić information content (AvgIpc) is 3.16. The molecule has 2 aliphatic rings. The molecule has 1 saturated carbocycles. The van der Waals surface area contributed by atoms with E-state index in [2.05, 4.69) is 10.5 Å². The second-order valence-electron chi connectivity index (χ2n) is 6.91. The Bertz CT molecular complexity index is 1050. The van der Waals surface area contributed by atoms with Crippen LogP contribution in [0.1, 0.15) is 18.5 Å². The van der Waals surface area contributed by atoms with Gasteiger partial charge in [-0.25, -0.2) is 0 Å². The van der Waals surface area contributed by atoms with Gasteiger partial charge in [-0.1, -0.05) is 17.3 Å². The fourth-order valence-electron chi connectivity index (χ4n) is 3.36. The van der Waals surface area contributed by atoms with Gasteiger partial charge in [0.15, 0.2) is 17.3 Å². The minimum absolute atomic E-state index is 0.100. The molecule has 142 valence electrons. The maximum absolute atomic E-state index is 13.0. The van der Waals surface area contributed by atoms with Crippen LogP contribution in [0.25, 0.3) is 11.3 Å². The maximum atomic E-state index is 13.0. The molecular weight excluding hydrogens is 360 g/mol. The Labute approximate surface area is 161 Å². The number of nitrogens with one attached hydrogen (secondary N) is 1. The fourth-order valence-corrected chi connectivity index (χ4v) is 3.36. The van der Waals surface area contributed by atoms with E-state index in [-0.39, 0.29) is 12.7 Å². The first-order valence-corrected chi connectivity index (χ1v) is 9.01. The number of methoxy groups -OCH3 is 1. The molecule has 5 rings (SSSR count). The van der Waals surface area contributed by atoms with Crippen molar-refractivity contribution in [3.8, 4) is 28.6 Å². The molecular formula is C21H18N2O5. The molecule has 1 aromatic heterocycles. The van der Waals surface area contributed by atoms with Crippen molar-refractivity contribution in [1.29, 1.82) is 0 Å². The monoisotopic (exact) mass is 378 g/mol. The third-order valence-electron chi connectivity index (χ3n) is 5.17. The number of hydrogen-bond acceptors (Lipinski definition) is 6. The third-order valence-corrected chi connectivity index (χ3v) is 5.17. The fraction of sp³-hybridized carbons (Fsp3) is 0.238. The van der Waals surface area contributed by atoms with Crippen molar-refractivity contribution in [3.05, 3.63) is 54.2 Å². The Hall–Kier alpha value is -3.48. The van der Waals surface area contributed by atoms with Gasteiger partial charge in [0.1, 0.15) is 5.75 Å². The number of benzene rings is 2. The molecule has 2 heterocycles. The van der Waals surface area contributed by atoms with Gasteiger partial charge in [0.25, 0.3) is 0 Å². The lowest BCUT2D eigenvalue weighted by Gasteiger charge is -2.12. The summed E-state index contributed by atoms with van der Waals surface area (Å²) in [7, 11) is 1.62. The molecule has 2 aromatic carbocycles. The number of nitrogens with zero attached hydrogens (tertiary/aromatic N) is 1. The molecule has 0 unspecified atom stereocenters. The van der Waals surface area contributed by atoms with E-state index in [0.29, 0.717) is 28.6 Å². The van der Waals surface area contributed by atoms with Gasteiger partial charge in [-0.3, -0.25) is 4.79 Å². The smallest absolute Gasteiger partial charge is 0.236 e. The van der Waals surface area contributed by atoms with E-state index < -0.39 is 5.41 Å². The zero-order chi connectivity index (χ0) is 19.1. The average molecular weight is 378 g/mol. The van der Waals surface area contributed by atoms with E-state index in [1.165, 1.54) is 0 Å². The minimum atomic E-state index is -0.656. The van der Waals surface area contributed by atoms with Crippen molar-refractivity contribution in [2.24, 2.45) is 0 Å². The Kier molecular flexibility index (Phi) is 3.75. The van der Waals surface area contributed by atoms with Crippen LogP contribution in [-0.2, 0) is 10.2 Å². The first-order valence-electron chi connectivity index (χ1n) is 9.01. The first-order chi connectivity index (χ1) is 13.7. The standard InChI is InChI=1S/C21H18N2O5/c1-25-15-4-2-3-13(9-15)17-11-19(23-28-17)21(7-8-21)20(24)22-14-5-6-16-18(10-14)27-12-26-16/h2-6,9-11H,7-8,12H2,1H3,(H,22,24). The van der Waals surface area contributed by atoms with Crippen molar-refractivity contribution in [2.75, 3.05) is 19.2 Å². The van der Waals surface area contributed by atoms with Gasteiger partial charge in [0.05, 0.1) is 18.2 Å². The number of carbonyl (C=O) groups excluding carboxylic acids is 1. The van der Waals surface area contributed by atoms with Crippen molar-refractivity contribution >= 4 is 11.6 Å². The summed E-state index contributed by atoms with van der Waals surface area (Å²) in [5.41, 5.74) is 1.50. The molecule has 7 nitrogen and oxygen atoms in total. The number of rotatable bonds is 5. The Morgan fingerprint density at radius 2 is 1.96 bits per heavy atom. The summed E-state index contributed by atoms with van der Waals surface area (Å²) in [5.74, 6) is 2.55. The molecule has 0 bridgehead atoms. The lowest BCUT2D eigenvalue weighted by Crippen LogP contribution is -2.28. The van der Waals surface area contributed by atoms with Crippen molar-refractivity contribution in [1.82, 2.24) is 5.16 Å². The highest BCUT2D eigenvalue weighted by Gasteiger charge is 2.54. The van der Waals surface area contributed by atoms with E-state index in [0.717, 1.165) is 24.2 Å². The molecule has 1 fully saturated rings. The quantitative estimate of drug-likeness (QED) is 0.728. The van der Waals surface area contributed by atoms with Crippen LogP contribution in [0.5, 0.6) is 17.2 Å². The van der Waals surface area contributed by atoms with Gasteiger partial charge in [0.2, 0.25) is 12.7 Å². The maximum Gasteiger partial charge on any atom is 0.236 e. The zero-order valence-electron chi connectivity index (χ0n) is 15.2. The van der Waals surface area contributed by atoms with Crippen LogP contribution in [0, 0.1) is 0 Å². The molecule has 1 N–H and O–H groups in total. The van der Waals surface area contributed by atoms with Crippen LogP contribution in [-0.4, -0.2) is 25.0 Å². The van der Waals surface area contributed by atoms with Crippen LogP contribution in [0.4, 0.5) is 5.69 Å². The van der Waals surface area contributed by atoms with E-state index in [1.807, 2.05) is 30.3 Å². The molecule has 0 atom stereocenters. The van der Waals surface area contributed by atoms with Crippen LogP contribution in [0.15, 0.2) is 53.1 Å². The lowest BCUT2D eigenvalue weighted by molar-refractivity contribution is -0.118. The number of aromatic nitrogens is 1. The second kappa shape index (κ2) is 6.30. The summed E-state index contributed by atoms with van der Waals surface area (Å²) in [4.78, 5) is 13.0. The molecule has 7 heteroatoms.